The molecule has 0 aliphatic rings. The van der Waals surface area contributed by atoms with E-state index in [0.29, 0.717) is 0 Å². The molecule has 110 valence electrons. The Kier molecular flexibility index (Phi) is 15.0. The van der Waals surface area contributed by atoms with Crippen molar-refractivity contribution in [2.24, 2.45) is 11.7 Å². The van der Waals surface area contributed by atoms with Crippen LogP contribution >= 0.6 is 0 Å². The maximum atomic E-state index is 5.62. The molecule has 0 aromatic carbocycles. The second-order valence-corrected chi connectivity index (χ2v) is 5.82. The Morgan fingerprint density at radius 3 is 1.61 bits per heavy atom. The summed E-state index contributed by atoms with van der Waals surface area (Å²) in [6.45, 7) is 5.46. The molecule has 0 heterocycles. The Hall–Kier alpha value is -0.0400. The summed E-state index contributed by atoms with van der Waals surface area (Å²) in [5.74, 6) is 0.893. The van der Waals surface area contributed by atoms with E-state index in [0.717, 1.165) is 12.5 Å². The van der Waals surface area contributed by atoms with Gasteiger partial charge in [0, 0.05) is 0 Å². The highest BCUT2D eigenvalue weighted by molar-refractivity contribution is 4.58. The molecule has 0 rings (SSSR count). The first-order chi connectivity index (χ1) is 8.85. The molecule has 0 aromatic heterocycles. The summed E-state index contributed by atoms with van der Waals surface area (Å²) in [6, 6.07) is 0. The van der Waals surface area contributed by atoms with Crippen LogP contribution in [0.15, 0.2) is 0 Å². The summed E-state index contributed by atoms with van der Waals surface area (Å²) in [7, 11) is 0. The lowest BCUT2D eigenvalue weighted by atomic mass is 9.95. The first-order valence-corrected chi connectivity index (χ1v) is 8.55. The van der Waals surface area contributed by atoms with Crippen LogP contribution in [0.4, 0.5) is 0 Å². The summed E-state index contributed by atoms with van der Waals surface area (Å²) in [6.07, 6.45) is 18.4. The Balaban J connectivity index is 3.10. The van der Waals surface area contributed by atoms with E-state index in [2.05, 4.69) is 13.8 Å². The van der Waals surface area contributed by atoms with Crippen LogP contribution in [0.3, 0.4) is 0 Å². The SMILES string of the molecule is CCCCCCCCCCCCC(CC)CCN. The van der Waals surface area contributed by atoms with Crippen molar-refractivity contribution in [2.45, 2.75) is 97.3 Å². The molecule has 1 atom stereocenters. The largest absolute Gasteiger partial charge is 0.330 e. The average Bonchev–Trinajstić information content (AvgIpc) is 2.39. The van der Waals surface area contributed by atoms with Crippen LogP contribution in [0.25, 0.3) is 0 Å². The van der Waals surface area contributed by atoms with Gasteiger partial charge in [0.05, 0.1) is 0 Å². The van der Waals surface area contributed by atoms with Crippen molar-refractivity contribution in [1.82, 2.24) is 0 Å². The van der Waals surface area contributed by atoms with Crippen molar-refractivity contribution in [3.05, 3.63) is 0 Å². The minimum Gasteiger partial charge on any atom is -0.330 e. The molecule has 1 unspecified atom stereocenters. The predicted molar refractivity (Wildman–Crippen MR) is 83.9 cm³/mol. The fourth-order valence-electron chi connectivity index (χ4n) is 2.71. The smallest absolute Gasteiger partial charge is 0.00746 e. The normalized spacial score (nSPS) is 12.8. The molecule has 2 N–H and O–H groups in total. The van der Waals surface area contributed by atoms with Crippen molar-refractivity contribution in [2.75, 3.05) is 6.54 Å². The molecule has 0 aliphatic heterocycles. The highest BCUT2D eigenvalue weighted by Crippen LogP contribution is 2.18. The zero-order valence-corrected chi connectivity index (χ0v) is 13.1. The van der Waals surface area contributed by atoms with Gasteiger partial charge >= 0.3 is 0 Å². The minimum absolute atomic E-state index is 0.871. The summed E-state index contributed by atoms with van der Waals surface area (Å²) < 4.78 is 0. The molecule has 0 bridgehead atoms. The van der Waals surface area contributed by atoms with Gasteiger partial charge in [0.2, 0.25) is 0 Å². The highest BCUT2D eigenvalue weighted by atomic mass is 14.5. The van der Waals surface area contributed by atoms with E-state index in [-0.39, 0.29) is 0 Å². The van der Waals surface area contributed by atoms with Crippen LogP contribution in [0.2, 0.25) is 0 Å². The van der Waals surface area contributed by atoms with Gasteiger partial charge in [-0.05, 0) is 18.9 Å². The van der Waals surface area contributed by atoms with Crippen molar-refractivity contribution in [1.29, 1.82) is 0 Å². The summed E-state index contributed by atoms with van der Waals surface area (Å²) in [5.41, 5.74) is 5.62. The van der Waals surface area contributed by atoms with Gasteiger partial charge in [-0.25, -0.2) is 0 Å². The fraction of sp³-hybridized carbons (Fsp3) is 1.00. The Morgan fingerprint density at radius 1 is 0.667 bits per heavy atom. The van der Waals surface area contributed by atoms with Crippen LogP contribution < -0.4 is 5.73 Å². The summed E-state index contributed by atoms with van der Waals surface area (Å²) in [5, 5.41) is 0. The molecule has 0 aromatic rings. The van der Waals surface area contributed by atoms with E-state index in [4.69, 9.17) is 5.73 Å². The monoisotopic (exact) mass is 255 g/mol. The van der Waals surface area contributed by atoms with E-state index >= 15 is 0 Å². The fourth-order valence-corrected chi connectivity index (χ4v) is 2.71. The number of rotatable bonds is 14. The van der Waals surface area contributed by atoms with E-state index < -0.39 is 0 Å². The van der Waals surface area contributed by atoms with Crippen LogP contribution in [0.5, 0.6) is 0 Å². The lowest BCUT2D eigenvalue weighted by Gasteiger charge is -2.12. The topological polar surface area (TPSA) is 26.0 Å². The summed E-state index contributed by atoms with van der Waals surface area (Å²) >= 11 is 0. The maximum absolute atomic E-state index is 5.62. The molecule has 0 aliphatic carbocycles. The lowest BCUT2D eigenvalue weighted by Crippen LogP contribution is -2.07. The van der Waals surface area contributed by atoms with Crippen LogP contribution in [0.1, 0.15) is 97.3 Å². The molecule has 1 heteroatoms. The first kappa shape index (κ1) is 18.0. The second-order valence-electron chi connectivity index (χ2n) is 5.82. The van der Waals surface area contributed by atoms with Crippen molar-refractivity contribution in [3.63, 3.8) is 0 Å². The van der Waals surface area contributed by atoms with Gasteiger partial charge in [0.15, 0.2) is 0 Å². The van der Waals surface area contributed by atoms with Gasteiger partial charge < -0.3 is 5.73 Å². The van der Waals surface area contributed by atoms with Crippen molar-refractivity contribution in [3.8, 4) is 0 Å². The standard InChI is InChI=1S/C17H37N/c1-3-5-6-7-8-9-10-11-12-13-14-17(4-2)15-16-18/h17H,3-16,18H2,1-2H3. The van der Waals surface area contributed by atoms with Crippen molar-refractivity contribution >= 4 is 0 Å². The number of nitrogens with two attached hydrogens (primary N) is 1. The first-order valence-electron chi connectivity index (χ1n) is 8.55. The Labute approximate surface area is 116 Å². The van der Waals surface area contributed by atoms with E-state index in [1.165, 1.54) is 83.5 Å². The van der Waals surface area contributed by atoms with Gasteiger partial charge in [-0.1, -0.05) is 90.9 Å². The van der Waals surface area contributed by atoms with E-state index in [9.17, 15) is 0 Å². The molecule has 0 fully saturated rings. The molecule has 0 spiro atoms. The van der Waals surface area contributed by atoms with Gasteiger partial charge in [-0.15, -0.1) is 0 Å². The third kappa shape index (κ3) is 12.4. The molecule has 1 nitrogen and oxygen atoms in total. The second kappa shape index (κ2) is 15.0. The maximum Gasteiger partial charge on any atom is -0.00746 e. The summed E-state index contributed by atoms with van der Waals surface area (Å²) in [4.78, 5) is 0. The molecule has 0 saturated carbocycles. The molecular weight excluding hydrogens is 218 g/mol. The zero-order valence-electron chi connectivity index (χ0n) is 13.1. The van der Waals surface area contributed by atoms with Gasteiger partial charge in [-0.3, -0.25) is 0 Å². The third-order valence-electron chi connectivity index (χ3n) is 4.12. The van der Waals surface area contributed by atoms with E-state index in [1.807, 2.05) is 0 Å². The van der Waals surface area contributed by atoms with E-state index in [1.54, 1.807) is 0 Å². The van der Waals surface area contributed by atoms with Crippen LogP contribution in [0, 0.1) is 5.92 Å². The minimum atomic E-state index is 0.871. The van der Waals surface area contributed by atoms with Crippen LogP contribution in [-0.2, 0) is 0 Å². The van der Waals surface area contributed by atoms with Gasteiger partial charge in [0.1, 0.15) is 0 Å². The molecule has 0 amide bonds. The lowest BCUT2D eigenvalue weighted by molar-refractivity contribution is 0.416. The average molecular weight is 255 g/mol. The number of hydrogen-bond donors (Lipinski definition) is 1. The predicted octanol–water partition coefficient (Wildman–Crippen LogP) is 5.67. The molecule has 0 saturated heterocycles. The molecule has 18 heavy (non-hydrogen) atoms. The van der Waals surface area contributed by atoms with Crippen LogP contribution in [-0.4, -0.2) is 6.54 Å². The number of hydrogen-bond acceptors (Lipinski definition) is 1. The number of unbranched alkanes of at least 4 members (excludes halogenated alkanes) is 9. The zero-order chi connectivity index (χ0) is 13.5. The molecule has 0 radical (unpaired) electrons. The van der Waals surface area contributed by atoms with Gasteiger partial charge in [0.25, 0.3) is 0 Å². The third-order valence-corrected chi connectivity index (χ3v) is 4.12. The Bertz CT molecular complexity index is 145. The van der Waals surface area contributed by atoms with Crippen molar-refractivity contribution < 1.29 is 0 Å². The van der Waals surface area contributed by atoms with Gasteiger partial charge in [-0.2, -0.15) is 0 Å². The quantitative estimate of drug-likeness (QED) is 0.397. The Morgan fingerprint density at radius 2 is 1.17 bits per heavy atom. The molecular formula is C17H37N. The highest BCUT2D eigenvalue weighted by Gasteiger charge is 2.04.